The lowest BCUT2D eigenvalue weighted by Crippen LogP contribution is -2.10. The van der Waals surface area contributed by atoms with Crippen molar-refractivity contribution < 1.29 is 4.79 Å². The molecule has 0 saturated carbocycles. The predicted molar refractivity (Wildman–Crippen MR) is 114 cm³/mol. The van der Waals surface area contributed by atoms with Gasteiger partial charge in [0.1, 0.15) is 5.82 Å². The van der Waals surface area contributed by atoms with Gasteiger partial charge in [0, 0.05) is 30.2 Å². The van der Waals surface area contributed by atoms with E-state index < -0.39 is 0 Å². The first-order chi connectivity index (χ1) is 13.3. The number of amides is 1. The minimum atomic E-state index is -0.0947. The van der Waals surface area contributed by atoms with E-state index in [1.807, 2.05) is 36.4 Å². The van der Waals surface area contributed by atoms with Gasteiger partial charge in [-0.25, -0.2) is 4.98 Å². The Bertz CT molecular complexity index is 944. The van der Waals surface area contributed by atoms with Crippen molar-refractivity contribution in [1.82, 2.24) is 9.97 Å². The Morgan fingerprint density at radius 3 is 2.00 bits per heavy atom. The number of nitrogens with zero attached hydrogens (tertiary/aromatic N) is 2. The van der Waals surface area contributed by atoms with Crippen molar-refractivity contribution in [2.45, 2.75) is 33.1 Å². The molecule has 3 N–H and O–H groups in total. The molecule has 1 heterocycles. The van der Waals surface area contributed by atoms with Crippen molar-refractivity contribution in [3.8, 4) is 0 Å². The van der Waals surface area contributed by atoms with E-state index in [4.69, 9.17) is 0 Å². The maximum absolute atomic E-state index is 11.1. The zero-order valence-electron chi connectivity index (χ0n) is 16.6. The van der Waals surface area contributed by atoms with Crippen LogP contribution in [0.2, 0.25) is 0 Å². The molecule has 144 valence electrons. The molecule has 3 rings (SSSR count). The van der Waals surface area contributed by atoms with Gasteiger partial charge in [-0.1, -0.05) is 32.9 Å². The fraction of sp³-hybridized carbons (Fsp3) is 0.227. The van der Waals surface area contributed by atoms with Crippen LogP contribution in [-0.4, -0.2) is 15.9 Å². The minimum absolute atomic E-state index is 0.0947. The summed E-state index contributed by atoms with van der Waals surface area (Å²) in [5.74, 6) is 1.10. The van der Waals surface area contributed by atoms with Gasteiger partial charge in [-0.05, 0) is 53.4 Å². The molecule has 0 spiro atoms. The first-order valence-electron chi connectivity index (χ1n) is 9.15. The van der Waals surface area contributed by atoms with E-state index in [1.165, 1.54) is 12.5 Å². The predicted octanol–water partition coefficient (Wildman–Crippen LogP) is 5.22. The Morgan fingerprint density at radius 2 is 1.39 bits per heavy atom. The number of anilines is 5. The molecule has 0 bridgehead atoms. The summed E-state index contributed by atoms with van der Waals surface area (Å²) >= 11 is 0. The number of benzene rings is 2. The van der Waals surface area contributed by atoms with Crippen LogP contribution in [0, 0.1) is 0 Å². The first kappa shape index (κ1) is 19.4. The number of nitrogens with one attached hydrogen (secondary N) is 3. The highest BCUT2D eigenvalue weighted by molar-refractivity contribution is 5.88. The molecule has 3 aromatic rings. The summed E-state index contributed by atoms with van der Waals surface area (Å²) in [7, 11) is 0. The van der Waals surface area contributed by atoms with Gasteiger partial charge in [0.25, 0.3) is 0 Å². The second kappa shape index (κ2) is 8.08. The fourth-order valence-electron chi connectivity index (χ4n) is 2.66. The van der Waals surface area contributed by atoms with Gasteiger partial charge in [0.05, 0.1) is 0 Å². The van der Waals surface area contributed by atoms with E-state index in [0.29, 0.717) is 11.8 Å². The molecule has 0 radical (unpaired) electrons. The highest BCUT2D eigenvalue weighted by atomic mass is 16.1. The molecule has 0 unspecified atom stereocenters. The monoisotopic (exact) mass is 375 g/mol. The average molecular weight is 375 g/mol. The van der Waals surface area contributed by atoms with Gasteiger partial charge >= 0.3 is 0 Å². The maximum Gasteiger partial charge on any atom is 0.229 e. The average Bonchev–Trinajstić information content (AvgIpc) is 2.63. The second-order valence-electron chi connectivity index (χ2n) is 7.60. The SMILES string of the molecule is CC(=O)Nc1ccc(Nc2ccnc(Nc3ccc(C(C)(C)C)cc3)n2)cc1. The Morgan fingerprint density at radius 1 is 0.821 bits per heavy atom. The van der Waals surface area contributed by atoms with Gasteiger partial charge in [0.15, 0.2) is 0 Å². The van der Waals surface area contributed by atoms with Crippen LogP contribution in [0.15, 0.2) is 60.8 Å². The highest BCUT2D eigenvalue weighted by Gasteiger charge is 2.13. The van der Waals surface area contributed by atoms with Crippen LogP contribution in [0.5, 0.6) is 0 Å². The van der Waals surface area contributed by atoms with Crippen LogP contribution >= 0.6 is 0 Å². The molecule has 0 atom stereocenters. The van der Waals surface area contributed by atoms with Gasteiger partial charge in [-0.2, -0.15) is 4.98 Å². The molecule has 1 amide bonds. The number of aromatic nitrogens is 2. The van der Waals surface area contributed by atoms with Crippen LogP contribution in [0.3, 0.4) is 0 Å². The van der Waals surface area contributed by atoms with E-state index >= 15 is 0 Å². The largest absolute Gasteiger partial charge is 0.340 e. The third-order valence-electron chi connectivity index (χ3n) is 4.14. The number of hydrogen-bond donors (Lipinski definition) is 3. The lowest BCUT2D eigenvalue weighted by Gasteiger charge is -2.19. The standard InChI is InChI=1S/C22H25N5O/c1-15(28)24-17-9-11-18(12-10-17)25-20-13-14-23-21(27-20)26-19-7-5-16(6-8-19)22(2,3)4/h5-14H,1-4H3,(H,24,28)(H2,23,25,26,27). The van der Waals surface area contributed by atoms with Crippen molar-refractivity contribution in [3.63, 3.8) is 0 Å². The maximum atomic E-state index is 11.1. The minimum Gasteiger partial charge on any atom is -0.340 e. The number of carbonyl (C=O) groups excluding carboxylic acids is 1. The summed E-state index contributed by atoms with van der Waals surface area (Å²) < 4.78 is 0. The molecule has 1 aromatic heterocycles. The van der Waals surface area contributed by atoms with Gasteiger partial charge in [-0.15, -0.1) is 0 Å². The molecular formula is C22H25N5O. The fourth-order valence-corrected chi connectivity index (χ4v) is 2.66. The Hall–Kier alpha value is -3.41. The highest BCUT2D eigenvalue weighted by Crippen LogP contribution is 2.24. The molecule has 0 fully saturated rings. The number of hydrogen-bond acceptors (Lipinski definition) is 5. The van der Waals surface area contributed by atoms with E-state index in [-0.39, 0.29) is 11.3 Å². The topological polar surface area (TPSA) is 78.9 Å². The van der Waals surface area contributed by atoms with Gasteiger partial charge in [0.2, 0.25) is 11.9 Å². The Labute approximate surface area is 165 Å². The number of carbonyl (C=O) groups is 1. The summed E-state index contributed by atoms with van der Waals surface area (Å²) in [5.41, 5.74) is 3.95. The van der Waals surface area contributed by atoms with Crippen molar-refractivity contribution in [1.29, 1.82) is 0 Å². The molecule has 6 nitrogen and oxygen atoms in total. The van der Waals surface area contributed by atoms with Crippen LogP contribution < -0.4 is 16.0 Å². The van der Waals surface area contributed by atoms with E-state index in [1.54, 1.807) is 12.3 Å². The van der Waals surface area contributed by atoms with Crippen LogP contribution in [-0.2, 0) is 10.2 Å². The normalized spacial score (nSPS) is 11.0. The second-order valence-corrected chi connectivity index (χ2v) is 7.60. The third kappa shape index (κ3) is 5.30. The Kier molecular flexibility index (Phi) is 5.59. The summed E-state index contributed by atoms with van der Waals surface area (Å²) in [4.78, 5) is 19.9. The van der Waals surface area contributed by atoms with Gasteiger partial charge in [-0.3, -0.25) is 4.79 Å². The molecule has 2 aromatic carbocycles. The summed E-state index contributed by atoms with van der Waals surface area (Å²) in [5, 5.41) is 9.21. The van der Waals surface area contributed by atoms with E-state index in [0.717, 1.165) is 17.1 Å². The van der Waals surface area contributed by atoms with Crippen LogP contribution in [0.4, 0.5) is 28.8 Å². The molecule has 0 saturated heterocycles. The summed E-state index contributed by atoms with van der Waals surface area (Å²) in [6.45, 7) is 8.06. The third-order valence-corrected chi connectivity index (χ3v) is 4.14. The zero-order valence-corrected chi connectivity index (χ0v) is 16.6. The van der Waals surface area contributed by atoms with Crippen molar-refractivity contribution >= 4 is 34.7 Å². The van der Waals surface area contributed by atoms with Crippen molar-refractivity contribution in [2.75, 3.05) is 16.0 Å². The Balaban J connectivity index is 1.67. The summed E-state index contributed by atoms with van der Waals surface area (Å²) in [6.07, 6.45) is 1.70. The molecule has 6 heteroatoms. The van der Waals surface area contributed by atoms with Crippen LogP contribution in [0.25, 0.3) is 0 Å². The molecular weight excluding hydrogens is 350 g/mol. The van der Waals surface area contributed by atoms with Gasteiger partial charge < -0.3 is 16.0 Å². The van der Waals surface area contributed by atoms with E-state index in [2.05, 4.69) is 58.8 Å². The molecule has 0 aliphatic heterocycles. The molecule has 0 aliphatic carbocycles. The van der Waals surface area contributed by atoms with Crippen LogP contribution in [0.1, 0.15) is 33.3 Å². The number of rotatable bonds is 5. The zero-order chi connectivity index (χ0) is 20.1. The van der Waals surface area contributed by atoms with Crippen molar-refractivity contribution in [3.05, 3.63) is 66.4 Å². The smallest absolute Gasteiger partial charge is 0.229 e. The lowest BCUT2D eigenvalue weighted by atomic mass is 9.87. The summed E-state index contributed by atoms with van der Waals surface area (Å²) in [6, 6.07) is 17.5. The van der Waals surface area contributed by atoms with Crippen molar-refractivity contribution in [2.24, 2.45) is 0 Å². The molecule has 0 aliphatic rings. The quantitative estimate of drug-likeness (QED) is 0.570. The van der Waals surface area contributed by atoms with E-state index in [9.17, 15) is 4.79 Å². The lowest BCUT2D eigenvalue weighted by molar-refractivity contribution is -0.114. The molecule has 28 heavy (non-hydrogen) atoms. The first-order valence-corrected chi connectivity index (χ1v) is 9.15.